The van der Waals surface area contributed by atoms with Crippen LogP contribution in [0.1, 0.15) is 17.5 Å². The van der Waals surface area contributed by atoms with Crippen molar-refractivity contribution in [2.24, 2.45) is 0 Å². The average Bonchev–Trinajstić information content (AvgIpc) is 2.67. The molecule has 1 aliphatic rings. The van der Waals surface area contributed by atoms with Crippen molar-refractivity contribution in [3.8, 4) is 0 Å². The first-order chi connectivity index (χ1) is 12.7. The molecule has 0 N–H and O–H groups in total. The van der Waals surface area contributed by atoms with Crippen LogP contribution in [-0.4, -0.2) is 43.3 Å². The Morgan fingerprint density at radius 2 is 1.92 bits per heavy atom. The number of ether oxygens (including phenoxy) is 2. The molecule has 3 rings (SSSR count). The highest BCUT2D eigenvalue weighted by atomic mass is 19.1. The van der Waals surface area contributed by atoms with E-state index in [1.54, 1.807) is 18.2 Å². The minimum atomic E-state index is -0.322. The van der Waals surface area contributed by atoms with Gasteiger partial charge in [0.15, 0.2) is 0 Å². The molecule has 1 atom stereocenters. The third-order valence-corrected chi connectivity index (χ3v) is 4.46. The Balaban J connectivity index is 1.39. The molecule has 2 aromatic rings. The molecule has 138 valence electrons. The van der Waals surface area contributed by atoms with Crippen LogP contribution < -0.4 is 0 Å². The molecule has 0 bridgehead atoms. The molecule has 1 unspecified atom stereocenters. The largest absolute Gasteiger partial charge is 0.463 e. The van der Waals surface area contributed by atoms with Crippen LogP contribution in [0.15, 0.2) is 54.6 Å². The summed E-state index contributed by atoms with van der Waals surface area (Å²) in [5.74, 6) is -0.607. The molecule has 5 heteroatoms. The zero-order valence-corrected chi connectivity index (χ0v) is 14.8. The van der Waals surface area contributed by atoms with Crippen LogP contribution >= 0.6 is 0 Å². The van der Waals surface area contributed by atoms with Crippen LogP contribution in [0.2, 0.25) is 0 Å². The summed E-state index contributed by atoms with van der Waals surface area (Å²) in [6.07, 6.45) is 0.392. The van der Waals surface area contributed by atoms with Gasteiger partial charge in [0.2, 0.25) is 0 Å². The first-order valence-corrected chi connectivity index (χ1v) is 8.97. The van der Waals surface area contributed by atoms with Crippen LogP contribution in [0.4, 0.5) is 4.39 Å². The quantitative estimate of drug-likeness (QED) is 0.714. The van der Waals surface area contributed by atoms with Crippen molar-refractivity contribution >= 4 is 5.97 Å². The fourth-order valence-corrected chi connectivity index (χ4v) is 3.06. The lowest BCUT2D eigenvalue weighted by Crippen LogP contribution is -2.44. The van der Waals surface area contributed by atoms with Crippen molar-refractivity contribution < 1.29 is 18.7 Å². The first kappa shape index (κ1) is 18.5. The molecule has 1 fully saturated rings. The van der Waals surface area contributed by atoms with E-state index in [1.165, 1.54) is 11.6 Å². The monoisotopic (exact) mass is 357 g/mol. The van der Waals surface area contributed by atoms with E-state index in [-0.39, 0.29) is 30.9 Å². The maximum atomic E-state index is 13.6. The summed E-state index contributed by atoms with van der Waals surface area (Å²) in [5.41, 5.74) is 1.79. The second-order valence-electron chi connectivity index (χ2n) is 6.49. The lowest BCUT2D eigenvalue weighted by atomic mass is 10.1. The van der Waals surface area contributed by atoms with Gasteiger partial charge >= 0.3 is 5.97 Å². The Kier molecular flexibility index (Phi) is 6.75. The average molecular weight is 357 g/mol. The first-order valence-electron chi connectivity index (χ1n) is 8.97. The summed E-state index contributed by atoms with van der Waals surface area (Å²) in [4.78, 5) is 14.2. The molecule has 0 radical (unpaired) electrons. The molecule has 0 saturated carbocycles. The number of hydrogen-bond acceptors (Lipinski definition) is 4. The van der Waals surface area contributed by atoms with Crippen molar-refractivity contribution in [3.05, 3.63) is 71.5 Å². The van der Waals surface area contributed by atoms with Gasteiger partial charge in [-0.25, -0.2) is 4.39 Å². The topological polar surface area (TPSA) is 38.8 Å². The van der Waals surface area contributed by atoms with Gasteiger partial charge in [-0.2, -0.15) is 0 Å². The fraction of sp³-hybridized carbons (Fsp3) is 0.381. The SMILES string of the molecule is O=C(CCc1ccccc1F)OCC1CN(Cc2ccccc2)CCO1. The van der Waals surface area contributed by atoms with Crippen molar-refractivity contribution in [1.82, 2.24) is 4.90 Å². The Bertz CT molecular complexity index is 707. The Morgan fingerprint density at radius 3 is 2.73 bits per heavy atom. The van der Waals surface area contributed by atoms with E-state index in [2.05, 4.69) is 17.0 Å². The van der Waals surface area contributed by atoms with Crippen LogP contribution in [0, 0.1) is 5.82 Å². The van der Waals surface area contributed by atoms with E-state index in [4.69, 9.17) is 9.47 Å². The summed E-state index contributed by atoms with van der Waals surface area (Å²) < 4.78 is 24.6. The smallest absolute Gasteiger partial charge is 0.306 e. The number of halogens is 1. The summed E-state index contributed by atoms with van der Waals surface area (Å²) in [7, 11) is 0. The van der Waals surface area contributed by atoms with E-state index in [0.29, 0.717) is 18.6 Å². The van der Waals surface area contributed by atoms with E-state index >= 15 is 0 Å². The molecule has 2 aromatic carbocycles. The molecular weight excluding hydrogens is 333 g/mol. The van der Waals surface area contributed by atoms with Gasteiger partial charge in [-0.15, -0.1) is 0 Å². The van der Waals surface area contributed by atoms with Crippen molar-refractivity contribution in [2.75, 3.05) is 26.3 Å². The molecule has 0 spiro atoms. The summed E-state index contributed by atoms with van der Waals surface area (Å²) in [6.45, 7) is 3.33. The van der Waals surface area contributed by atoms with Crippen LogP contribution in [-0.2, 0) is 27.2 Å². The van der Waals surface area contributed by atoms with Crippen molar-refractivity contribution in [1.29, 1.82) is 0 Å². The molecule has 4 nitrogen and oxygen atoms in total. The van der Waals surface area contributed by atoms with Crippen molar-refractivity contribution in [2.45, 2.75) is 25.5 Å². The number of carbonyl (C=O) groups is 1. The highest BCUT2D eigenvalue weighted by Crippen LogP contribution is 2.12. The fourth-order valence-electron chi connectivity index (χ4n) is 3.06. The Labute approximate surface area is 153 Å². The second-order valence-corrected chi connectivity index (χ2v) is 6.49. The number of benzene rings is 2. The van der Waals surface area contributed by atoms with Gasteiger partial charge in [0, 0.05) is 26.1 Å². The highest BCUT2D eigenvalue weighted by molar-refractivity contribution is 5.69. The number of nitrogens with zero attached hydrogens (tertiary/aromatic N) is 1. The molecule has 1 aliphatic heterocycles. The number of aryl methyl sites for hydroxylation is 1. The Morgan fingerprint density at radius 1 is 1.15 bits per heavy atom. The van der Waals surface area contributed by atoms with E-state index in [0.717, 1.165) is 19.6 Å². The molecule has 1 saturated heterocycles. The lowest BCUT2D eigenvalue weighted by molar-refractivity contribution is -0.150. The van der Waals surface area contributed by atoms with E-state index in [9.17, 15) is 9.18 Å². The normalized spacial score (nSPS) is 17.8. The molecule has 0 aliphatic carbocycles. The second kappa shape index (κ2) is 9.46. The predicted octanol–water partition coefficient (Wildman–Crippen LogP) is 3.20. The third kappa shape index (κ3) is 5.64. The van der Waals surface area contributed by atoms with Crippen LogP contribution in [0.3, 0.4) is 0 Å². The van der Waals surface area contributed by atoms with Gasteiger partial charge in [-0.1, -0.05) is 48.5 Å². The summed E-state index contributed by atoms with van der Waals surface area (Å²) in [5, 5.41) is 0. The molecule has 1 heterocycles. The maximum absolute atomic E-state index is 13.6. The number of hydrogen-bond donors (Lipinski definition) is 0. The van der Waals surface area contributed by atoms with Gasteiger partial charge in [-0.05, 0) is 23.6 Å². The molecular formula is C21H24FNO3. The van der Waals surface area contributed by atoms with Gasteiger partial charge < -0.3 is 9.47 Å². The lowest BCUT2D eigenvalue weighted by Gasteiger charge is -2.32. The minimum Gasteiger partial charge on any atom is -0.463 e. The number of carbonyl (C=O) groups excluding carboxylic acids is 1. The van der Waals surface area contributed by atoms with Crippen LogP contribution in [0.5, 0.6) is 0 Å². The van der Waals surface area contributed by atoms with Gasteiger partial charge in [-0.3, -0.25) is 9.69 Å². The zero-order chi connectivity index (χ0) is 18.2. The third-order valence-electron chi connectivity index (χ3n) is 4.46. The van der Waals surface area contributed by atoms with E-state index < -0.39 is 0 Å². The maximum Gasteiger partial charge on any atom is 0.306 e. The highest BCUT2D eigenvalue weighted by Gasteiger charge is 2.22. The molecule has 0 aromatic heterocycles. The Hall–Kier alpha value is -2.24. The van der Waals surface area contributed by atoms with Gasteiger partial charge in [0.25, 0.3) is 0 Å². The van der Waals surface area contributed by atoms with Crippen LogP contribution in [0.25, 0.3) is 0 Å². The number of esters is 1. The number of rotatable bonds is 7. The molecule has 26 heavy (non-hydrogen) atoms. The van der Waals surface area contributed by atoms with Gasteiger partial charge in [0.1, 0.15) is 18.5 Å². The summed E-state index contributed by atoms with van der Waals surface area (Å²) >= 11 is 0. The molecule has 0 amide bonds. The minimum absolute atomic E-state index is 0.120. The van der Waals surface area contributed by atoms with Gasteiger partial charge in [0.05, 0.1) is 6.61 Å². The van der Waals surface area contributed by atoms with E-state index in [1.807, 2.05) is 18.2 Å². The number of morpholine rings is 1. The summed E-state index contributed by atoms with van der Waals surface area (Å²) in [6, 6.07) is 16.8. The van der Waals surface area contributed by atoms with Crippen molar-refractivity contribution in [3.63, 3.8) is 0 Å². The predicted molar refractivity (Wildman–Crippen MR) is 97.1 cm³/mol. The zero-order valence-electron chi connectivity index (χ0n) is 14.8. The standard InChI is InChI=1S/C21H24FNO3/c22-20-9-5-4-8-18(20)10-11-21(24)26-16-19-15-23(12-13-25-19)14-17-6-2-1-3-7-17/h1-9,19H,10-16H2.